The topological polar surface area (TPSA) is 67.9 Å². The Kier molecular flexibility index (Phi) is 6.12. The lowest BCUT2D eigenvalue weighted by atomic mass is 10.1. The number of esters is 1. The van der Waals surface area contributed by atoms with Crippen molar-refractivity contribution in [3.8, 4) is 21.8 Å². The van der Waals surface area contributed by atoms with Crippen LogP contribution in [-0.4, -0.2) is 21.7 Å². The summed E-state index contributed by atoms with van der Waals surface area (Å²) in [5.74, 6) is -2.32. The number of carbonyl (C=O) groups excluding carboxylic acids is 1. The molecule has 0 radical (unpaired) electrons. The van der Waals surface area contributed by atoms with Crippen LogP contribution in [0.5, 0.6) is 6.01 Å². The van der Waals surface area contributed by atoms with Gasteiger partial charge < -0.3 is 4.74 Å². The molecule has 0 N–H and O–H groups in total. The normalized spacial score (nSPS) is 11.3. The highest BCUT2D eigenvalue weighted by Gasteiger charge is 2.42. The van der Waals surface area contributed by atoms with Gasteiger partial charge in [-0.1, -0.05) is 18.2 Å². The van der Waals surface area contributed by atoms with Gasteiger partial charge in [-0.3, -0.25) is 4.57 Å². The zero-order chi connectivity index (χ0) is 22.7. The fraction of sp³-hybridized carbons (Fsp3) is 0.136. The molecule has 0 aliphatic carbocycles. The van der Waals surface area contributed by atoms with Crippen molar-refractivity contribution in [2.24, 2.45) is 0 Å². The molecule has 3 aromatic heterocycles. The third-order valence-corrected chi connectivity index (χ3v) is 6.66. The third-order valence-electron chi connectivity index (χ3n) is 4.52. The molecule has 0 aliphatic heterocycles. The van der Waals surface area contributed by atoms with Gasteiger partial charge in [-0.05, 0) is 41.3 Å². The lowest BCUT2D eigenvalue weighted by molar-refractivity contribution is -0.190. The first-order valence-electron chi connectivity index (χ1n) is 9.28. The molecule has 32 heavy (non-hydrogen) atoms. The van der Waals surface area contributed by atoms with Crippen LogP contribution in [0.2, 0.25) is 0 Å². The van der Waals surface area contributed by atoms with Crippen LogP contribution < -0.4 is 4.74 Å². The molecule has 0 amide bonds. The van der Waals surface area contributed by atoms with Gasteiger partial charge in [0.25, 0.3) is 0 Å². The highest BCUT2D eigenvalue weighted by Crippen LogP contribution is 2.33. The summed E-state index contributed by atoms with van der Waals surface area (Å²) in [5.41, 5.74) is 1.91. The van der Waals surface area contributed by atoms with Crippen molar-refractivity contribution in [1.29, 1.82) is 5.26 Å². The van der Waals surface area contributed by atoms with Gasteiger partial charge in [-0.25, -0.2) is 9.78 Å². The van der Waals surface area contributed by atoms with E-state index in [2.05, 4.69) is 9.72 Å². The van der Waals surface area contributed by atoms with Gasteiger partial charge in [0.1, 0.15) is 0 Å². The molecule has 5 nitrogen and oxygen atoms in total. The SMILES string of the molecule is N#Cc1ccc(Cc2cnc(OC(=O)C(F)(F)F)n2Cc2ccc(-c3cccs3)s2)cc1. The van der Waals surface area contributed by atoms with E-state index in [-0.39, 0.29) is 6.54 Å². The Bertz CT molecular complexity index is 1270. The summed E-state index contributed by atoms with van der Waals surface area (Å²) in [6.07, 6.45) is -3.39. The largest absolute Gasteiger partial charge is 0.491 e. The summed E-state index contributed by atoms with van der Waals surface area (Å²) >= 11 is 3.10. The zero-order valence-corrected chi connectivity index (χ0v) is 17.9. The number of aromatic nitrogens is 2. The van der Waals surface area contributed by atoms with Gasteiger partial charge >= 0.3 is 18.2 Å². The fourth-order valence-electron chi connectivity index (χ4n) is 3.00. The summed E-state index contributed by atoms with van der Waals surface area (Å²) in [5, 5.41) is 10.9. The molecule has 162 valence electrons. The number of ether oxygens (including phenoxy) is 1. The number of halogens is 3. The third kappa shape index (κ3) is 4.90. The van der Waals surface area contributed by atoms with E-state index in [9.17, 15) is 18.0 Å². The van der Waals surface area contributed by atoms with Crippen molar-refractivity contribution in [2.75, 3.05) is 0 Å². The maximum Gasteiger partial charge on any atom is 0.491 e. The molecule has 0 unspecified atom stereocenters. The van der Waals surface area contributed by atoms with Crippen molar-refractivity contribution in [3.05, 3.63) is 81.8 Å². The maximum atomic E-state index is 12.7. The summed E-state index contributed by atoms with van der Waals surface area (Å²) < 4.78 is 44.3. The average Bonchev–Trinajstić information content (AvgIpc) is 3.51. The Morgan fingerprint density at radius 3 is 2.56 bits per heavy atom. The first-order valence-corrected chi connectivity index (χ1v) is 11.0. The van der Waals surface area contributed by atoms with Gasteiger partial charge in [0, 0.05) is 26.7 Å². The molecule has 4 rings (SSSR count). The lowest BCUT2D eigenvalue weighted by Crippen LogP contribution is -2.29. The van der Waals surface area contributed by atoms with Crippen LogP contribution in [0.3, 0.4) is 0 Å². The fourth-order valence-corrected chi connectivity index (χ4v) is 4.83. The molecule has 0 saturated heterocycles. The minimum atomic E-state index is -5.13. The highest BCUT2D eigenvalue weighted by molar-refractivity contribution is 7.21. The van der Waals surface area contributed by atoms with Gasteiger partial charge in [-0.15, -0.1) is 22.7 Å². The van der Waals surface area contributed by atoms with Crippen molar-refractivity contribution in [3.63, 3.8) is 0 Å². The molecule has 0 atom stereocenters. The smallest absolute Gasteiger partial charge is 0.385 e. The number of nitrogens with zero attached hydrogens (tertiary/aromatic N) is 3. The van der Waals surface area contributed by atoms with Gasteiger partial charge in [0.05, 0.1) is 24.4 Å². The summed E-state index contributed by atoms with van der Waals surface area (Å²) in [6.45, 7) is 0.197. The van der Waals surface area contributed by atoms with E-state index >= 15 is 0 Å². The van der Waals surface area contributed by atoms with Crippen LogP contribution >= 0.6 is 22.7 Å². The van der Waals surface area contributed by atoms with E-state index < -0.39 is 18.2 Å². The van der Waals surface area contributed by atoms with Gasteiger partial charge in [-0.2, -0.15) is 18.4 Å². The lowest BCUT2D eigenvalue weighted by Gasteiger charge is -2.12. The molecule has 10 heteroatoms. The second-order valence-corrected chi connectivity index (χ2v) is 8.85. The molecule has 4 aromatic rings. The van der Waals surface area contributed by atoms with Gasteiger partial charge in [0.2, 0.25) is 0 Å². The molecule has 0 fully saturated rings. The number of hydrogen-bond acceptors (Lipinski definition) is 6. The first-order chi connectivity index (χ1) is 15.3. The summed E-state index contributed by atoms with van der Waals surface area (Å²) in [6, 6.07) is 16.2. The van der Waals surface area contributed by atoms with Crippen LogP contribution in [0.1, 0.15) is 21.7 Å². The maximum absolute atomic E-state index is 12.7. The quantitative estimate of drug-likeness (QED) is 0.339. The second kappa shape index (κ2) is 8.98. The number of imidazole rings is 1. The van der Waals surface area contributed by atoms with Crippen LogP contribution in [-0.2, 0) is 17.8 Å². The Labute approximate surface area is 189 Å². The zero-order valence-electron chi connectivity index (χ0n) is 16.3. The van der Waals surface area contributed by atoms with E-state index in [0.29, 0.717) is 17.7 Å². The van der Waals surface area contributed by atoms with E-state index in [1.54, 1.807) is 35.6 Å². The number of rotatable bonds is 6. The molecule has 0 spiro atoms. The van der Waals surface area contributed by atoms with E-state index in [1.807, 2.05) is 35.7 Å². The second-order valence-electron chi connectivity index (χ2n) is 6.73. The number of benzene rings is 1. The average molecular weight is 474 g/mol. The standard InChI is InChI=1S/C22H14F3N3O2S2/c23-22(24,25)20(29)30-21-27-12-16(10-14-3-5-15(11-26)6-4-14)28(21)13-17-7-8-19(32-17)18-2-1-9-31-18/h1-9,12H,10,13H2. The monoisotopic (exact) mass is 473 g/mol. The number of nitriles is 1. The number of alkyl halides is 3. The van der Waals surface area contributed by atoms with E-state index in [0.717, 1.165) is 20.2 Å². The minimum Gasteiger partial charge on any atom is -0.385 e. The number of carbonyl (C=O) groups is 1. The molecular formula is C22H14F3N3O2S2. The van der Waals surface area contributed by atoms with Crippen LogP contribution in [0, 0.1) is 11.3 Å². The molecule has 0 aliphatic rings. The molecular weight excluding hydrogens is 459 g/mol. The molecule has 3 heterocycles. The Balaban J connectivity index is 1.64. The first kappa shape index (κ1) is 21.8. The predicted molar refractivity (Wildman–Crippen MR) is 115 cm³/mol. The Morgan fingerprint density at radius 2 is 1.91 bits per heavy atom. The van der Waals surface area contributed by atoms with Crippen molar-refractivity contribution < 1.29 is 22.7 Å². The Hall–Kier alpha value is -3.42. The summed E-state index contributed by atoms with van der Waals surface area (Å²) in [4.78, 5) is 18.3. The summed E-state index contributed by atoms with van der Waals surface area (Å²) in [7, 11) is 0. The van der Waals surface area contributed by atoms with Gasteiger partial charge in [0.15, 0.2) is 0 Å². The van der Waals surface area contributed by atoms with E-state index in [4.69, 9.17) is 5.26 Å². The molecule has 1 aromatic carbocycles. The van der Waals surface area contributed by atoms with Crippen LogP contribution in [0.15, 0.2) is 60.1 Å². The van der Waals surface area contributed by atoms with Crippen molar-refractivity contribution in [1.82, 2.24) is 9.55 Å². The van der Waals surface area contributed by atoms with Crippen LogP contribution in [0.4, 0.5) is 13.2 Å². The van der Waals surface area contributed by atoms with Crippen LogP contribution in [0.25, 0.3) is 9.75 Å². The van der Waals surface area contributed by atoms with Crippen molar-refractivity contribution in [2.45, 2.75) is 19.1 Å². The predicted octanol–water partition coefficient (Wildman–Crippen LogP) is 5.65. The number of thiophene rings is 2. The highest BCUT2D eigenvalue weighted by atomic mass is 32.1. The Morgan fingerprint density at radius 1 is 1.12 bits per heavy atom. The molecule has 0 bridgehead atoms. The molecule has 0 saturated carbocycles. The van der Waals surface area contributed by atoms with Crippen molar-refractivity contribution >= 4 is 28.6 Å². The van der Waals surface area contributed by atoms with E-state index in [1.165, 1.54) is 22.1 Å². The number of hydrogen-bond donors (Lipinski definition) is 0. The minimum absolute atomic E-state index is 0.197.